The Hall–Kier alpha value is -4.99. The minimum absolute atomic E-state index is 0.772. The molecule has 0 amide bonds. The summed E-state index contributed by atoms with van der Waals surface area (Å²) in [6.45, 7) is 8.72. The predicted molar refractivity (Wildman–Crippen MR) is 183 cm³/mol. The summed E-state index contributed by atoms with van der Waals surface area (Å²) in [4.78, 5) is 4.67. The van der Waals surface area contributed by atoms with Crippen LogP contribution in [0.4, 0.5) is 0 Å². The molecule has 0 N–H and O–H groups in total. The fraction of sp³-hybridized carbons (Fsp3) is 0.100. The van der Waals surface area contributed by atoms with E-state index >= 15 is 0 Å². The number of imidazole rings is 1. The van der Waals surface area contributed by atoms with Gasteiger partial charge in [-0.1, -0.05) is 18.2 Å². The summed E-state index contributed by atoms with van der Waals surface area (Å²) in [5, 5.41) is 2.35. The van der Waals surface area contributed by atoms with Crippen LogP contribution in [-0.4, -0.2) is 18.7 Å². The zero-order chi connectivity index (χ0) is 31.5. The Morgan fingerprint density at radius 1 is 0.543 bits per heavy atom. The third-order valence-corrected chi connectivity index (χ3v) is 9.66. The average Bonchev–Trinajstić information content (AvgIpc) is 3.52. The van der Waals surface area contributed by atoms with Crippen molar-refractivity contribution >= 4 is 32.8 Å². The van der Waals surface area contributed by atoms with Gasteiger partial charge in [0.1, 0.15) is 0 Å². The van der Waals surface area contributed by atoms with E-state index in [0.717, 1.165) is 48.7 Å². The summed E-state index contributed by atoms with van der Waals surface area (Å²) in [6, 6.07) is 40.4. The van der Waals surface area contributed by atoms with Gasteiger partial charge < -0.3 is 0 Å². The van der Waals surface area contributed by atoms with E-state index < -0.39 is 0 Å². The summed E-state index contributed by atoms with van der Waals surface area (Å²) < 4.78 is 14.6. The van der Waals surface area contributed by atoms with Crippen molar-refractivity contribution in [2.75, 3.05) is 0 Å². The quantitative estimate of drug-likeness (QED) is 0.175. The Kier molecular flexibility index (Phi) is 6.88. The van der Waals surface area contributed by atoms with E-state index in [0.29, 0.717) is 0 Å². The van der Waals surface area contributed by atoms with Crippen LogP contribution in [-0.2, 0) is 19.4 Å². The van der Waals surface area contributed by atoms with Gasteiger partial charge in [0.05, 0.1) is 0 Å². The van der Waals surface area contributed by atoms with Crippen molar-refractivity contribution in [2.24, 2.45) is 0 Å². The predicted octanol–water partition coefficient (Wildman–Crippen LogP) is 10.0. The number of para-hydroxylation sites is 1. The van der Waals surface area contributed by atoms with Crippen LogP contribution >= 0.6 is 0 Å². The number of pyridine rings is 1. The summed E-state index contributed by atoms with van der Waals surface area (Å²) in [6.07, 6.45) is 1.83. The molecule has 0 spiro atoms. The van der Waals surface area contributed by atoms with Crippen molar-refractivity contribution in [1.29, 1.82) is 0 Å². The summed E-state index contributed by atoms with van der Waals surface area (Å²) in [7, 11) is 0. The van der Waals surface area contributed by atoms with Crippen molar-refractivity contribution in [3.8, 4) is 28.7 Å². The van der Waals surface area contributed by atoms with Gasteiger partial charge in [0.2, 0.25) is 0 Å². The molecule has 0 unspecified atom stereocenters. The van der Waals surface area contributed by atoms with Crippen LogP contribution in [0, 0.1) is 31.5 Å². The monoisotopic (exact) mass is 779 g/mol. The molecule has 0 aliphatic carbocycles. The maximum absolute atomic E-state index is 6.59. The second-order valence-electron chi connectivity index (χ2n) is 12.0. The molecule has 0 aliphatic rings. The molecule has 8 aromatic rings. The van der Waals surface area contributed by atoms with E-state index in [2.05, 4.69) is 157 Å². The van der Waals surface area contributed by atoms with Crippen LogP contribution in [0.15, 0.2) is 121 Å². The van der Waals surface area contributed by atoms with Crippen LogP contribution in [0.2, 0.25) is 0 Å². The van der Waals surface area contributed by atoms with E-state index in [1.165, 1.54) is 38.8 Å². The first kappa shape index (κ1) is 28.5. The van der Waals surface area contributed by atoms with Crippen LogP contribution < -0.4 is 4.74 Å². The van der Waals surface area contributed by atoms with Crippen molar-refractivity contribution in [3.63, 3.8) is 0 Å². The summed E-state index contributed by atoms with van der Waals surface area (Å²) in [5.74, 6) is 2.43. The molecule has 0 aliphatic heterocycles. The molecule has 0 saturated carbocycles. The first-order chi connectivity index (χ1) is 22.4. The van der Waals surface area contributed by atoms with Crippen molar-refractivity contribution < 1.29 is 24.1 Å². The maximum atomic E-state index is 6.59. The molecule has 5 nitrogen and oxygen atoms in total. The molecule has 3 aromatic heterocycles. The number of nitrogens with zero attached hydrogens (tertiary/aromatic N) is 4. The zero-order valence-corrected chi connectivity index (χ0v) is 28.3. The number of fused-ring (bicyclic) bond motifs is 4. The fourth-order valence-corrected chi connectivity index (χ4v) is 7.92. The van der Waals surface area contributed by atoms with Gasteiger partial charge in [0.15, 0.2) is 0 Å². The van der Waals surface area contributed by atoms with E-state index in [9.17, 15) is 0 Å². The molecule has 8 rings (SSSR count). The molecule has 228 valence electrons. The number of hydrogen-bond acceptors (Lipinski definition) is 2. The van der Waals surface area contributed by atoms with Gasteiger partial charge in [0.25, 0.3) is 0 Å². The van der Waals surface area contributed by atoms with Crippen molar-refractivity contribution in [3.05, 3.63) is 148 Å². The third-order valence-electron chi connectivity index (χ3n) is 8.65. The zero-order valence-electron chi connectivity index (χ0n) is 26.1. The van der Waals surface area contributed by atoms with Crippen molar-refractivity contribution in [1.82, 2.24) is 18.7 Å². The normalized spacial score (nSPS) is 11.6. The Bertz CT molecular complexity index is 2500. The molecule has 0 radical (unpaired) electrons. The first-order valence-corrected chi connectivity index (χ1v) is 16.5. The minimum atomic E-state index is 0.772. The Labute approximate surface area is 278 Å². The van der Waals surface area contributed by atoms with E-state index in [-0.39, 0.29) is 0 Å². The van der Waals surface area contributed by atoms with Gasteiger partial charge in [-0.15, -0.1) is 0 Å². The van der Waals surface area contributed by atoms with Gasteiger partial charge in [-0.2, -0.15) is 0 Å². The fourth-order valence-electron chi connectivity index (χ4n) is 6.82. The van der Waals surface area contributed by atoms with Crippen LogP contribution in [0.25, 0.3) is 50.0 Å². The van der Waals surface area contributed by atoms with E-state index in [1.807, 2.05) is 30.5 Å². The van der Waals surface area contributed by atoms with Gasteiger partial charge in [-0.3, -0.25) is 0 Å². The first-order valence-electron chi connectivity index (χ1n) is 15.4. The summed E-state index contributed by atoms with van der Waals surface area (Å²) in [5.41, 5.74) is 11.8. The Morgan fingerprint density at radius 3 is 2.11 bits per heavy atom. The molecule has 5 aromatic carbocycles. The third kappa shape index (κ3) is 4.66. The van der Waals surface area contributed by atoms with E-state index in [4.69, 9.17) is 4.74 Å². The molecule has 0 fully saturated rings. The number of benzene rings is 5. The Morgan fingerprint density at radius 2 is 1.30 bits per heavy atom. The van der Waals surface area contributed by atoms with Crippen molar-refractivity contribution in [2.45, 2.75) is 27.7 Å². The standard InChI is InChI=1S/C40H32N4O.Pt/c1-26-15-18-36-38(22-26)43(40-28(3)20-27(2)21-29(40)4)25-42(36)30-10-9-11-31(23-30)45-32-16-17-34-33-12-5-6-13-35(33)44(37(34)24-32)39-14-7-8-19-41-39;/h5-24H,1-4H3;. The molecular formula is C40H32N4OPt. The molecule has 0 bridgehead atoms. The number of rotatable bonds is 5. The number of aromatic nitrogens is 4. The van der Waals surface area contributed by atoms with Gasteiger partial charge >= 0.3 is 249 Å². The van der Waals surface area contributed by atoms with E-state index in [1.54, 1.807) is 0 Å². The topological polar surface area (TPSA) is 36.9 Å². The van der Waals surface area contributed by atoms with Gasteiger partial charge in [-0.25, -0.2) is 0 Å². The van der Waals surface area contributed by atoms with Crippen LogP contribution in [0.5, 0.6) is 11.5 Å². The number of hydrogen-bond donors (Lipinski definition) is 0. The SMILES string of the molecule is Cc1cc(C)c(-n2[c](=[Pt])n(-c3cccc(Oc4ccc5c6ccccc6n(-c6ccccn6)c5c4)c3)c3ccc(C)cc32)c(C)c1. The molecule has 3 heterocycles. The Balaban J connectivity index is 1.25. The molecule has 0 saturated heterocycles. The van der Waals surface area contributed by atoms with Gasteiger partial charge in [0, 0.05) is 6.20 Å². The second-order valence-corrected chi connectivity index (χ2v) is 13.0. The molecule has 6 heteroatoms. The molecule has 46 heavy (non-hydrogen) atoms. The average molecular weight is 780 g/mol. The number of aryl methyl sites for hydroxylation is 4. The van der Waals surface area contributed by atoms with Crippen LogP contribution in [0.1, 0.15) is 22.3 Å². The van der Waals surface area contributed by atoms with Crippen LogP contribution in [0.3, 0.4) is 0 Å². The molecular weight excluding hydrogens is 748 g/mol. The number of ether oxygens (including phenoxy) is 1. The second kappa shape index (κ2) is 11.1. The van der Waals surface area contributed by atoms with Gasteiger partial charge in [-0.05, 0) is 6.07 Å². The molecule has 0 atom stereocenters. The summed E-state index contributed by atoms with van der Waals surface area (Å²) >= 11 is 2.47.